The molecule has 2 heterocycles. The molecular weight excluding hydrogens is 439 g/mol. The van der Waals surface area contributed by atoms with Gasteiger partial charge >= 0.3 is 0 Å². The van der Waals surface area contributed by atoms with Crippen LogP contribution in [0, 0.1) is 24.6 Å². The molecule has 1 fully saturated rings. The van der Waals surface area contributed by atoms with Gasteiger partial charge in [0.1, 0.15) is 17.3 Å². The number of hydrogen-bond donors (Lipinski definition) is 2. The predicted molar refractivity (Wildman–Crippen MR) is 122 cm³/mol. The molecule has 4 rings (SSSR count). The van der Waals surface area contributed by atoms with E-state index in [0.717, 1.165) is 25.7 Å². The zero-order valence-corrected chi connectivity index (χ0v) is 19.4. The van der Waals surface area contributed by atoms with Crippen molar-refractivity contribution in [1.29, 1.82) is 0 Å². The van der Waals surface area contributed by atoms with E-state index in [0.29, 0.717) is 46.8 Å². The lowest BCUT2D eigenvalue weighted by Crippen LogP contribution is -2.24. The first-order chi connectivity index (χ1) is 16.4. The van der Waals surface area contributed by atoms with Crippen LogP contribution in [0.1, 0.15) is 47.4 Å². The standard InChI is InChI=1S/C24H29FN6O3/c1-15-7-19(23-28-30-31(29-23)13-16-3-5-17(14-32)6-4-16)10-22(27-15)24(33)26-12-18-8-20(25)11-21(9-18)34-2/h7-11,16-17,32H,3-6,12-14H2,1-2H3,(H,26,33)/t16-,17-. The first-order valence-corrected chi connectivity index (χ1v) is 11.4. The molecule has 0 spiro atoms. The average molecular weight is 469 g/mol. The van der Waals surface area contributed by atoms with Gasteiger partial charge < -0.3 is 15.2 Å². The van der Waals surface area contributed by atoms with Crippen LogP contribution in [0.4, 0.5) is 4.39 Å². The smallest absolute Gasteiger partial charge is 0.270 e. The molecule has 1 saturated carbocycles. The van der Waals surface area contributed by atoms with E-state index in [1.54, 1.807) is 23.9 Å². The van der Waals surface area contributed by atoms with E-state index in [1.807, 2.05) is 6.07 Å². The lowest BCUT2D eigenvalue weighted by Gasteiger charge is -2.26. The summed E-state index contributed by atoms with van der Waals surface area (Å²) in [4.78, 5) is 18.7. The molecule has 0 radical (unpaired) electrons. The van der Waals surface area contributed by atoms with Gasteiger partial charge in [0, 0.05) is 30.5 Å². The number of hydrogen-bond acceptors (Lipinski definition) is 7. The molecule has 1 amide bonds. The Labute approximate surface area is 197 Å². The van der Waals surface area contributed by atoms with Gasteiger partial charge in [-0.15, -0.1) is 10.2 Å². The molecule has 3 aromatic rings. The molecule has 9 nitrogen and oxygen atoms in total. The Morgan fingerprint density at radius 3 is 2.68 bits per heavy atom. The van der Waals surface area contributed by atoms with E-state index in [4.69, 9.17) is 4.74 Å². The van der Waals surface area contributed by atoms with Crippen molar-refractivity contribution < 1.29 is 19.0 Å². The highest BCUT2D eigenvalue weighted by Crippen LogP contribution is 2.29. The number of aryl methyl sites for hydroxylation is 1. The van der Waals surface area contributed by atoms with E-state index in [1.165, 1.54) is 19.2 Å². The zero-order chi connectivity index (χ0) is 24.1. The molecule has 2 aromatic heterocycles. The largest absolute Gasteiger partial charge is 0.497 e. The first-order valence-electron chi connectivity index (χ1n) is 11.4. The molecular formula is C24H29FN6O3. The van der Waals surface area contributed by atoms with E-state index in [2.05, 4.69) is 25.7 Å². The maximum Gasteiger partial charge on any atom is 0.270 e. The normalized spacial score (nSPS) is 18.0. The third-order valence-corrected chi connectivity index (χ3v) is 6.16. The van der Waals surface area contributed by atoms with E-state index < -0.39 is 5.82 Å². The molecule has 0 bridgehead atoms. The van der Waals surface area contributed by atoms with Gasteiger partial charge in [0.15, 0.2) is 0 Å². The summed E-state index contributed by atoms with van der Waals surface area (Å²) >= 11 is 0. The molecule has 0 saturated heterocycles. The Morgan fingerprint density at radius 2 is 1.94 bits per heavy atom. The second kappa shape index (κ2) is 10.7. The summed E-state index contributed by atoms with van der Waals surface area (Å²) in [5.41, 5.74) is 2.10. The van der Waals surface area contributed by atoms with Gasteiger partial charge in [0.25, 0.3) is 5.91 Å². The number of halogens is 1. The summed E-state index contributed by atoms with van der Waals surface area (Å²) in [5.74, 6) is 0.861. The summed E-state index contributed by atoms with van der Waals surface area (Å²) in [6.45, 7) is 2.86. The van der Waals surface area contributed by atoms with Crippen LogP contribution in [-0.2, 0) is 13.1 Å². The van der Waals surface area contributed by atoms with Gasteiger partial charge in [0.05, 0.1) is 13.7 Å². The van der Waals surface area contributed by atoms with Crippen LogP contribution in [0.2, 0.25) is 0 Å². The predicted octanol–water partition coefficient (Wildman–Crippen LogP) is 2.92. The summed E-state index contributed by atoms with van der Waals surface area (Å²) in [5, 5.41) is 24.9. The molecule has 0 atom stereocenters. The number of aliphatic hydroxyl groups excluding tert-OH is 1. The fourth-order valence-corrected chi connectivity index (χ4v) is 4.29. The number of rotatable bonds is 8. The highest BCUT2D eigenvalue weighted by atomic mass is 19.1. The molecule has 34 heavy (non-hydrogen) atoms. The Kier molecular flexibility index (Phi) is 7.46. The van der Waals surface area contributed by atoms with Crippen molar-refractivity contribution in [3.05, 3.63) is 53.1 Å². The van der Waals surface area contributed by atoms with Crippen LogP contribution in [0.3, 0.4) is 0 Å². The number of tetrazole rings is 1. The monoisotopic (exact) mass is 468 g/mol. The van der Waals surface area contributed by atoms with Crippen LogP contribution in [0.25, 0.3) is 11.4 Å². The van der Waals surface area contributed by atoms with Gasteiger partial charge in [-0.3, -0.25) is 4.79 Å². The number of methoxy groups -OCH3 is 1. The van der Waals surface area contributed by atoms with Gasteiger partial charge in [-0.1, -0.05) is 0 Å². The van der Waals surface area contributed by atoms with Crippen molar-refractivity contribution in [2.45, 2.75) is 45.7 Å². The van der Waals surface area contributed by atoms with Crippen LogP contribution in [0.5, 0.6) is 5.75 Å². The van der Waals surface area contributed by atoms with Crippen LogP contribution >= 0.6 is 0 Å². The van der Waals surface area contributed by atoms with Gasteiger partial charge in [-0.25, -0.2) is 9.37 Å². The average Bonchev–Trinajstić information content (AvgIpc) is 3.31. The van der Waals surface area contributed by atoms with E-state index in [9.17, 15) is 14.3 Å². The Bertz CT molecular complexity index is 1140. The lowest BCUT2D eigenvalue weighted by atomic mass is 9.82. The van der Waals surface area contributed by atoms with Crippen LogP contribution < -0.4 is 10.1 Å². The van der Waals surface area contributed by atoms with E-state index in [-0.39, 0.29) is 24.8 Å². The third-order valence-electron chi connectivity index (χ3n) is 6.16. The fourth-order valence-electron chi connectivity index (χ4n) is 4.29. The molecule has 1 aliphatic carbocycles. The topological polar surface area (TPSA) is 115 Å². The summed E-state index contributed by atoms with van der Waals surface area (Å²) < 4.78 is 18.8. The number of ether oxygens (including phenoxy) is 1. The highest BCUT2D eigenvalue weighted by Gasteiger charge is 2.22. The molecule has 0 unspecified atom stereocenters. The molecule has 1 aromatic carbocycles. The summed E-state index contributed by atoms with van der Waals surface area (Å²) in [6, 6.07) is 7.72. The van der Waals surface area contributed by atoms with Crippen molar-refractivity contribution in [1.82, 2.24) is 30.5 Å². The number of nitrogens with zero attached hydrogens (tertiary/aromatic N) is 5. The fraction of sp³-hybridized carbons (Fsp3) is 0.458. The number of carbonyl (C=O) groups excluding carboxylic acids is 1. The minimum Gasteiger partial charge on any atom is -0.497 e. The molecule has 0 aliphatic heterocycles. The van der Waals surface area contributed by atoms with Crippen molar-refractivity contribution in [2.75, 3.05) is 13.7 Å². The molecule has 180 valence electrons. The van der Waals surface area contributed by atoms with Gasteiger partial charge in [-0.05, 0) is 79.5 Å². The SMILES string of the molecule is COc1cc(F)cc(CNC(=O)c2cc(-c3nnn(C[C@H]4CC[C@H](CO)CC4)n3)cc(C)n2)c1. The second-order valence-corrected chi connectivity index (χ2v) is 8.80. The number of pyridine rings is 1. The second-order valence-electron chi connectivity index (χ2n) is 8.80. The first kappa shape index (κ1) is 23.7. The summed E-state index contributed by atoms with van der Waals surface area (Å²) in [7, 11) is 1.46. The number of benzene rings is 1. The maximum atomic E-state index is 13.7. The third kappa shape index (κ3) is 5.93. The Morgan fingerprint density at radius 1 is 1.18 bits per heavy atom. The quantitative estimate of drug-likeness (QED) is 0.522. The number of nitrogens with one attached hydrogen (secondary N) is 1. The number of carbonyl (C=O) groups is 1. The van der Waals surface area contributed by atoms with Crippen molar-refractivity contribution in [3.8, 4) is 17.1 Å². The van der Waals surface area contributed by atoms with Crippen LogP contribution in [-0.4, -0.2) is 49.9 Å². The lowest BCUT2D eigenvalue weighted by molar-refractivity contribution is 0.0945. The number of aromatic nitrogens is 5. The van der Waals surface area contributed by atoms with Gasteiger partial charge in [0.2, 0.25) is 5.82 Å². The van der Waals surface area contributed by atoms with E-state index >= 15 is 0 Å². The maximum absolute atomic E-state index is 13.7. The molecule has 1 aliphatic rings. The van der Waals surface area contributed by atoms with Gasteiger partial charge in [-0.2, -0.15) is 4.80 Å². The van der Waals surface area contributed by atoms with Crippen LogP contribution in [0.15, 0.2) is 30.3 Å². The Balaban J connectivity index is 1.42. The molecule has 10 heteroatoms. The highest BCUT2D eigenvalue weighted by molar-refractivity contribution is 5.93. The Hall–Kier alpha value is -3.40. The summed E-state index contributed by atoms with van der Waals surface area (Å²) in [6.07, 6.45) is 4.12. The minimum absolute atomic E-state index is 0.130. The minimum atomic E-state index is -0.435. The number of amides is 1. The zero-order valence-electron chi connectivity index (χ0n) is 19.4. The van der Waals surface area contributed by atoms with Crippen molar-refractivity contribution in [3.63, 3.8) is 0 Å². The van der Waals surface area contributed by atoms with Crippen molar-refractivity contribution >= 4 is 5.91 Å². The number of aliphatic hydroxyl groups is 1. The van der Waals surface area contributed by atoms with Crippen molar-refractivity contribution in [2.24, 2.45) is 11.8 Å². The molecule has 2 N–H and O–H groups in total.